The Hall–Kier alpha value is -4.76. The van der Waals surface area contributed by atoms with Crippen LogP contribution in [0, 0.1) is 5.92 Å². The van der Waals surface area contributed by atoms with Crippen molar-refractivity contribution in [3.63, 3.8) is 0 Å². The highest BCUT2D eigenvalue weighted by Gasteiger charge is 2.27. The molecule has 0 aliphatic rings. The molecule has 0 aliphatic carbocycles. The number of rotatable bonds is 15. The lowest BCUT2D eigenvalue weighted by molar-refractivity contribution is -0.123. The number of anilines is 1. The van der Waals surface area contributed by atoms with E-state index in [-0.39, 0.29) is 23.0 Å². The highest BCUT2D eigenvalue weighted by Crippen LogP contribution is 2.24. The summed E-state index contributed by atoms with van der Waals surface area (Å²) in [5.74, 6) is -1.39. The zero-order chi connectivity index (χ0) is 32.2. The first-order valence-electron chi connectivity index (χ1n) is 15.0. The van der Waals surface area contributed by atoms with E-state index in [4.69, 9.17) is 4.74 Å². The number of benzene rings is 4. The van der Waals surface area contributed by atoms with Gasteiger partial charge in [-0.2, -0.15) is 0 Å². The number of hydrogen-bond acceptors (Lipinski definition) is 6. The van der Waals surface area contributed by atoms with E-state index in [0.717, 1.165) is 35.2 Å². The van der Waals surface area contributed by atoms with Gasteiger partial charge in [-0.1, -0.05) is 80.1 Å². The molecular formula is C36H38N2O6S. The molecule has 234 valence electrons. The zero-order valence-electron chi connectivity index (χ0n) is 25.5. The molecule has 2 amide bonds. The van der Waals surface area contributed by atoms with Crippen molar-refractivity contribution in [3.8, 4) is 16.9 Å². The fraction of sp³-hybridized carbons (Fsp3) is 0.250. The SMILES string of the molecule is CCCCC(=O)Nc1ccc(-c2ccc(C(=O)CC(CCc3ccccc3)C(=O)NS(=O)(=O)c3ccc(OC)cc3)cc2)cc1. The smallest absolute Gasteiger partial charge is 0.264 e. The molecule has 0 fully saturated rings. The van der Waals surface area contributed by atoms with Gasteiger partial charge in [0.2, 0.25) is 11.8 Å². The minimum absolute atomic E-state index is 0.0125. The summed E-state index contributed by atoms with van der Waals surface area (Å²) >= 11 is 0. The minimum Gasteiger partial charge on any atom is -0.497 e. The Balaban J connectivity index is 1.45. The van der Waals surface area contributed by atoms with E-state index in [1.807, 2.05) is 73.7 Å². The van der Waals surface area contributed by atoms with Gasteiger partial charge in [0.1, 0.15) is 5.75 Å². The average molecular weight is 627 g/mol. The molecule has 8 nitrogen and oxygen atoms in total. The first-order chi connectivity index (χ1) is 21.7. The van der Waals surface area contributed by atoms with E-state index in [1.54, 1.807) is 12.1 Å². The largest absolute Gasteiger partial charge is 0.497 e. The minimum atomic E-state index is -4.15. The summed E-state index contributed by atoms with van der Waals surface area (Å²) in [6.45, 7) is 2.04. The zero-order valence-corrected chi connectivity index (χ0v) is 26.3. The summed E-state index contributed by atoms with van der Waals surface area (Å²) in [6.07, 6.45) is 2.93. The van der Waals surface area contributed by atoms with Crippen LogP contribution in [0.4, 0.5) is 5.69 Å². The van der Waals surface area contributed by atoms with Gasteiger partial charge in [0, 0.05) is 30.0 Å². The molecule has 1 unspecified atom stereocenters. The van der Waals surface area contributed by atoms with Crippen LogP contribution in [0.1, 0.15) is 54.9 Å². The van der Waals surface area contributed by atoms with E-state index in [1.165, 1.54) is 31.4 Å². The molecule has 2 N–H and O–H groups in total. The van der Waals surface area contributed by atoms with Gasteiger partial charge >= 0.3 is 0 Å². The van der Waals surface area contributed by atoms with Crippen LogP contribution in [-0.2, 0) is 26.0 Å². The lowest BCUT2D eigenvalue weighted by Crippen LogP contribution is -2.37. The lowest BCUT2D eigenvalue weighted by Gasteiger charge is -2.17. The van der Waals surface area contributed by atoms with E-state index >= 15 is 0 Å². The first-order valence-corrected chi connectivity index (χ1v) is 16.4. The van der Waals surface area contributed by atoms with Gasteiger partial charge in [0.05, 0.1) is 12.0 Å². The molecule has 0 spiro atoms. The number of sulfonamides is 1. The Morgan fingerprint density at radius 2 is 1.42 bits per heavy atom. The van der Waals surface area contributed by atoms with Crippen LogP contribution in [0.3, 0.4) is 0 Å². The van der Waals surface area contributed by atoms with Crippen molar-refractivity contribution in [3.05, 3.63) is 114 Å². The maximum Gasteiger partial charge on any atom is 0.264 e. The fourth-order valence-electron chi connectivity index (χ4n) is 4.84. The molecule has 0 bridgehead atoms. The molecule has 4 aromatic rings. The van der Waals surface area contributed by atoms with Crippen LogP contribution in [0.5, 0.6) is 5.75 Å². The molecule has 0 aromatic heterocycles. The number of aryl methyl sites for hydroxylation is 1. The number of hydrogen-bond donors (Lipinski definition) is 2. The number of nitrogens with one attached hydrogen (secondary N) is 2. The molecule has 0 aliphatic heterocycles. The van der Waals surface area contributed by atoms with Crippen molar-refractivity contribution >= 4 is 33.3 Å². The highest BCUT2D eigenvalue weighted by molar-refractivity contribution is 7.90. The number of carbonyl (C=O) groups excluding carboxylic acids is 3. The third-order valence-corrected chi connectivity index (χ3v) is 8.86. The quantitative estimate of drug-likeness (QED) is 0.140. The Morgan fingerprint density at radius 1 is 0.800 bits per heavy atom. The second-order valence-electron chi connectivity index (χ2n) is 10.8. The molecule has 1 atom stereocenters. The summed E-state index contributed by atoms with van der Waals surface area (Å²) in [5, 5.41) is 2.90. The van der Waals surface area contributed by atoms with Crippen LogP contribution in [0.2, 0.25) is 0 Å². The normalized spacial score (nSPS) is 11.8. The van der Waals surface area contributed by atoms with Gasteiger partial charge in [-0.05, 0) is 72.4 Å². The van der Waals surface area contributed by atoms with E-state index < -0.39 is 21.8 Å². The molecule has 0 saturated heterocycles. The van der Waals surface area contributed by atoms with Crippen LogP contribution in [0.25, 0.3) is 11.1 Å². The number of ketones is 1. The predicted octanol–water partition coefficient (Wildman–Crippen LogP) is 6.82. The van der Waals surface area contributed by atoms with Crippen molar-refractivity contribution in [2.24, 2.45) is 5.92 Å². The van der Waals surface area contributed by atoms with E-state index in [0.29, 0.717) is 30.6 Å². The lowest BCUT2D eigenvalue weighted by atomic mass is 9.91. The van der Waals surface area contributed by atoms with E-state index in [2.05, 4.69) is 10.0 Å². The Bertz CT molecular complexity index is 1690. The van der Waals surface area contributed by atoms with Gasteiger partial charge < -0.3 is 10.1 Å². The molecule has 0 heterocycles. The average Bonchev–Trinajstić information content (AvgIpc) is 3.06. The molecule has 9 heteroatoms. The summed E-state index contributed by atoms with van der Waals surface area (Å²) in [6, 6.07) is 29.8. The Kier molecular flexibility index (Phi) is 11.6. The Labute approximate surface area is 264 Å². The van der Waals surface area contributed by atoms with Crippen molar-refractivity contribution in [2.75, 3.05) is 12.4 Å². The maximum absolute atomic E-state index is 13.4. The van der Waals surface area contributed by atoms with Crippen LogP contribution >= 0.6 is 0 Å². The molecule has 4 aromatic carbocycles. The second-order valence-corrected chi connectivity index (χ2v) is 12.5. The molecule has 45 heavy (non-hydrogen) atoms. The summed E-state index contributed by atoms with van der Waals surface area (Å²) in [7, 11) is -2.68. The van der Waals surface area contributed by atoms with Gasteiger partial charge in [0.15, 0.2) is 5.78 Å². The third kappa shape index (κ3) is 9.61. The molecule has 0 saturated carbocycles. The van der Waals surface area contributed by atoms with Crippen LogP contribution in [0.15, 0.2) is 108 Å². The fourth-order valence-corrected chi connectivity index (χ4v) is 5.88. The summed E-state index contributed by atoms with van der Waals surface area (Å²) < 4.78 is 33.2. The monoisotopic (exact) mass is 626 g/mol. The molecule has 4 rings (SSSR count). The van der Waals surface area contributed by atoms with Crippen molar-refractivity contribution in [1.29, 1.82) is 0 Å². The van der Waals surface area contributed by atoms with Gasteiger partial charge in [0.25, 0.3) is 10.0 Å². The molecular weight excluding hydrogens is 588 g/mol. The topological polar surface area (TPSA) is 119 Å². The van der Waals surface area contributed by atoms with Gasteiger partial charge in [-0.3, -0.25) is 14.4 Å². The van der Waals surface area contributed by atoms with Crippen LogP contribution < -0.4 is 14.8 Å². The number of amides is 2. The highest BCUT2D eigenvalue weighted by atomic mass is 32.2. The van der Waals surface area contributed by atoms with Crippen LogP contribution in [-0.4, -0.2) is 33.1 Å². The third-order valence-electron chi connectivity index (χ3n) is 7.50. The summed E-state index contributed by atoms with van der Waals surface area (Å²) in [4.78, 5) is 38.6. The molecule has 0 radical (unpaired) electrons. The standard InChI is InChI=1S/C36H38N2O6S/c1-3-4-10-35(40)37-31-19-17-28(18-20-31)27-13-15-29(16-14-27)34(39)25-30(12-11-26-8-6-5-7-9-26)36(41)38-45(42,43)33-23-21-32(44-2)22-24-33/h5-9,13-24,30H,3-4,10-12,25H2,1-2H3,(H,37,40)(H,38,41). The maximum atomic E-state index is 13.4. The number of ether oxygens (including phenoxy) is 1. The van der Waals surface area contributed by atoms with Crippen molar-refractivity contribution in [2.45, 2.75) is 50.3 Å². The Morgan fingerprint density at radius 3 is 2.02 bits per heavy atom. The second kappa shape index (κ2) is 15.8. The predicted molar refractivity (Wildman–Crippen MR) is 176 cm³/mol. The van der Waals surface area contributed by atoms with Crippen molar-refractivity contribution in [1.82, 2.24) is 4.72 Å². The number of Topliss-reactive ketones (excluding diaryl/α,β-unsaturated/α-hetero) is 1. The van der Waals surface area contributed by atoms with Crippen molar-refractivity contribution < 1.29 is 27.5 Å². The van der Waals surface area contributed by atoms with E-state index in [9.17, 15) is 22.8 Å². The number of carbonyl (C=O) groups is 3. The first kappa shape index (κ1) is 33.1. The number of unbranched alkanes of at least 4 members (excludes halogenated alkanes) is 1. The van der Waals surface area contributed by atoms with Gasteiger partial charge in [-0.25, -0.2) is 13.1 Å². The number of methoxy groups -OCH3 is 1. The summed E-state index contributed by atoms with van der Waals surface area (Å²) in [5.41, 5.74) is 3.94. The van der Waals surface area contributed by atoms with Gasteiger partial charge in [-0.15, -0.1) is 0 Å².